The normalized spacial score (nSPS) is 11.9. The van der Waals surface area contributed by atoms with E-state index in [-0.39, 0.29) is 11.3 Å². The Balaban J connectivity index is 2.68. The van der Waals surface area contributed by atoms with E-state index in [1.54, 1.807) is 4.72 Å². The van der Waals surface area contributed by atoms with E-state index in [9.17, 15) is 30.4 Å². The number of rotatable bonds is 6. The minimum atomic E-state index is -4.20. The highest BCUT2D eigenvalue weighted by Gasteiger charge is 2.21. The number of sulfonamides is 1. The first-order valence-electron chi connectivity index (χ1n) is 4.67. The molecule has 1 N–H and O–H groups in total. The first-order chi connectivity index (χ1) is 8.74. The highest BCUT2D eigenvalue weighted by molar-refractivity contribution is 7.91. The van der Waals surface area contributed by atoms with Crippen LogP contribution < -0.4 is 4.72 Å². The number of nitrogens with one attached hydrogen (secondary N) is 1. The molecule has 0 saturated carbocycles. The number of hydrogen-bond acceptors (Lipinski definition) is 4. The molecule has 0 fully saturated rings. The molecule has 1 rings (SSSR count). The van der Waals surface area contributed by atoms with Gasteiger partial charge in [-0.1, -0.05) is 0 Å². The largest absolute Gasteiger partial charge is 0.301 e. The van der Waals surface area contributed by atoms with Crippen molar-refractivity contribution in [1.29, 1.82) is 0 Å². The average molecular weight is 322 g/mol. The van der Waals surface area contributed by atoms with Gasteiger partial charge in [0.1, 0.15) is 0 Å². The van der Waals surface area contributed by atoms with Gasteiger partial charge < -0.3 is 0 Å². The monoisotopic (exact) mass is 322 g/mol. The Bertz CT molecular complexity index is 565. The highest BCUT2D eigenvalue weighted by atomic mass is 32.2. The fraction of sp³-hybridized carbons (Fsp3) is 0.375. The fourth-order valence-corrected chi connectivity index (χ4v) is 3.04. The summed E-state index contributed by atoms with van der Waals surface area (Å²) in [6.07, 6.45) is -5.53. The molecule has 0 saturated heterocycles. The molecule has 0 atom stereocenters. The Labute approximate surface area is 109 Å². The standard InChI is InChI=1S/C8H7F5N2O2S2/c9-4(6(10)11)1-2-15-19(16,17)8-14-3-5(18-8)7(12)13/h3,7,15H,1-2H2. The second-order valence-corrected chi connectivity index (χ2v) is 6.15. The summed E-state index contributed by atoms with van der Waals surface area (Å²) < 4.78 is 84.4. The first-order valence-corrected chi connectivity index (χ1v) is 6.97. The van der Waals surface area contributed by atoms with Gasteiger partial charge >= 0.3 is 6.08 Å². The average Bonchev–Trinajstić information content (AvgIpc) is 2.78. The van der Waals surface area contributed by atoms with Crippen LogP contribution in [-0.4, -0.2) is 19.9 Å². The Morgan fingerprint density at radius 3 is 2.47 bits per heavy atom. The van der Waals surface area contributed by atoms with Crippen LogP contribution in [0.2, 0.25) is 0 Å². The van der Waals surface area contributed by atoms with Crippen LogP contribution in [0.1, 0.15) is 17.7 Å². The van der Waals surface area contributed by atoms with Crippen LogP contribution >= 0.6 is 11.3 Å². The predicted molar refractivity (Wildman–Crippen MR) is 57.2 cm³/mol. The van der Waals surface area contributed by atoms with Crippen molar-refractivity contribution < 1.29 is 30.4 Å². The lowest BCUT2D eigenvalue weighted by atomic mass is 10.4. The Kier molecular flexibility index (Phi) is 5.38. The molecule has 0 amide bonds. The van der Waals surface area contributed by atoms with Crippen molar-refractivity contribution in [2.24, 2.45) is 0 Å². The molecule has 0 unspecified atom stereocenters. The van der Waals surface area contributed by atoms with Gasteiger partial charge in [0.15, 0.2) is 5.83 Å². The summed E-state index contributed by atoms with van der Waals surface area (Å²) in [5.74, 6) is -1.74. The maximum Gasteiger partial charge on any atom is 0.301 e. The molecule has 0 aliphatic heterocycles. The molecule has 4 nitrogen and oxygen atoms in total. The molecule has 19 heavy (non-hydrogen) atoms. The molecule has 108 valence electrons. The summed E-state index contributed by atoms with van der Waals surface area (Å²) in [6.45, 7) is -0.630. The summed E-state index contributed by atoms with van der Waals surface area (Å²) in [7, 11) is -4.20. The van der Waals surface area contributed by atoms with E-state index in [0.29, 0.717) is 6.20 Å². The van der Waals surface area contributed by atoms with Gasteiger partial charge in [-0.2, -0.15) is 8.78 Å². The second-order valence-electron chi connectivity index (χ2n) is 3.14. The van der Waals surface area contributed by atoms with E-state index in [1.165, 1.54) is 0 Å². The SMILES string of the molecule is O=S(=O)(NCCC(F)=C(F)F)c1ncc(C(F)F)s1. The van der Waals surface area contributed by atoms with Crippen LogP contribution in [0.25, 0.3) is 0 Å². The molecule has 1 aromatic rings. The van der Waals surface area contributed by atoms with Crippen molar-refractivity contribution in [2.75, 3.05) is 6.54 Å². The topological polar surface area (TPSA) is 59.1 Å². The maximum atomic E-state index is 12.4. The van der Waals surface area contributed by atoms with Gasteiger partial charge in [-0.05, 0) is 0 Å². The summed E-state index contributed by atoms with van der Waals surface area (Å²) in [5.41, 5.74) is 0. The summed E-state index contributed by atoms with van der Waals surface area (Å²) in [6, 6.07) is 0. The molecule has 0 bridgehead atoms. The van der Waals surface area contributed by atoms with Gasteiger partial charge in [-0.25, -0.2) is 31.3 Å². The van der Waals surface area contributed by atoms with Crippen LogP contribution in [0, 0.1) is 0 Å². The number of alkyl halides is 2. The van der Waals surface area contributed by atoms with Gasteiger partial charge in [-0.3, -0.25) is 0 Å². The zero-order valence-electron chi connectivity index (χ0n) is 9.04. The number of nitrogens with zero attached hydrogens (tertiary/aromatic N) is 1. The van der Waals surface area contributed by atoms with E-state index in [0.717, 1.165) is 0 Å². The van der Waals surface area contributed by atoms with Gasteiger partial charge in [0.2, 0.25) is 4.34 Å². The minimum absolute atomic E-state index is 0.248. The Morgan fingerprint density at radius 2 is 2.00 bits per heavy atom. The molecule has 0 spiro atoms. The van der Waals surface area contributed by atoms with Gasteiger partial charge in [-0.15, -0.1) is 11.3 Å². The molecule has 1 aromatic heterocycles. The first kappa shape index (κ1) is 16.0. The molecule has 0 aromatic carbocycles. The predicted octanol–water partition coefficient (Wildman–Crippen LogP) is 2.83. The van der Waals surface area contributed by atoms with Crippen molar-refractivity contribution >= 4 is 21.4 Å². The van der Waals surface area contributed by atoms with Crippen LogP contribution in [0.3, 0.4) is 0 Å². The van der Waals surface area contributed by atoms with E-state index in [1.807, 2.05) is 0 Å². The number of halogens is 5. The zero-order chi connectivity index (χ0) is 14.6. The summed E-state index contributed by atoms with van der Waals surface area (Å²) in [4.78, 5) is 2.74. The van der Waals surface area contributed by atoms with Gasteiger partial charge in [0, 0.05) is 19.2 Å². The summed E-state index contributed by atoms with van der Waals surface area (Å²) in [5, 5.41) is 0. The Morgan fingerprint density at radius 1 is 1.37 bits per heavy atom. The van der Waals surface area contributed by atoms with Crippen LogP contribution in [-0.2, 0) is 10.0 Å². The number of aromatic nitrogens is 1. The minimum Gasteiger partial charge on any atom is -0.232 e. The number of thiazole rings is 1. The molecule has 0 aliphatic carbocycles. The van der Waals surface area contributed by atoms with Crippen LogP contribution in [0.15, 0.2) is 22.4 Å². The highest BCUT2D eigenvalue weighted by Crippen LogP contribution is 2.27. The van der Waals surface area contributed by atoms with E-state index in [4.69, 9.17) is 0 Å². The second kappa shape index (κ2) is 6.39. The van der Waals surface area contributed by atoms with Crippen LogP contribution in [0.5, 0.6) is 0 Å². The summed E-state index contributed by atoms with van der Waals surface area (Å²) >= 11 is 0.248. The van der Waals surface area contributed by atoms with Gasteiger partial charge in [0.05, 0.1) is 4.88 Å². The van der Waals surface area contributed by atoms with Crippen LogP contribution in [0.4, 0.5) is 22.0 Å². The van der Waals surface area contributed by atoms with E-state index >= 15 is 0 Å². The molecule has 11 heteroatoms. The smallest absolute Gasteiger partial charge is 0.232 e. The van der Waals surface area contributed by atoms with E-state index < -0.39 is 50.5 Å². The lowest BCUT2D eigenvalue weighted by Crippen LogP contribution is -2.24. The van der Waals surface area contributed by atoms with Crippen molar-refractivity contribution in [1.82, 2.24) is 9.71 Å². The zero-order valence-corrected chi connectivity index (χ0v) is 10.7. The fourth-order valence-electron chi connectivity index (χ4n) is 0.946. The molecule has 0 aliphatic rings. The van der Waals surface area contributed by atoms with Crippen molar-refractivity contribution in [2.45, 2.75) is 17.2 Å². The quantitative estimate of drug-likeness (QED) is 0.819. The molecular formula is C8H7F5N2O2S2. The Hall–Kier alpha value is -1.07. The molecular weight excluding hydrogens is 315 g/mol. The lowest BCUT2D eigenvalue weighted by molar-refractivity contribution is 0.155. The lowest BCUT2D eigenvalue weighted by Gasteiger charge is -2.02. The van der Waals surface area contributed by atoms with Crippen molar-refractivity contribution in [3.8, 4) is 0 Å². The third kappa shape index (κ3) is 4.51. The maximum absolute atomic E-state index is 12.4. The van der Waals surface area contributed by atoms with E-state index in [2.05, 4.69) is 4.98 Å². The van der Waals surface area contributed by atoms with Gasteiger partial charge in [0.25, 0.3) is 16.4 Å². The number of hydrogen-bond donors (Lipinski definition) is 1. The van der Waals surface area contributed by atoms with Crippen molar-refractivity contribution in [3.05, 3.63) is 23.0 Å². The molecule has 1 heterocycles. The third-order valence-corrected chi connectivity index (χ3v) is 4.65. The van der Waals surface area contributed by atoms with Crippen molar-refractivity contribution in [3.63, 3.8) is 0 Å². The third-order valence-electron chi connectivity index (χ3n) is 1.79. The molecule has 0 radical (unpaired) electrons.